The molecular formula is C22H30O2. The highest BCUT2D eigenvalue weighted by Crippen LogP contribution is 2.68. The first kappa shape index (κ1) is 15.3. The molecule has 2 nitrogen and oxygen atoms in total. The molecule has 0 amide bonds. The van der Waals surface area contributed by atoms with Gasteiger partial charge in [0.2, 0.25) is 0 Å². The van der Waals surface area contributed by atoms with Crippen LogP contribution in [-0.4, -0.2) is 16.3 Å². The normalized spacial score (nSPS) is 42.6. The van der Waals surface area contributed by atoms with Crippen molar-refractivity contribution in [3.63, 3.8) is 0 Å². The highest BCUT2D eigenvalue weighted by Gasteiger charge is 2.63. The van der Waals surface area contributed by atoms with Crippen LogP contribution in [-0.2, 0) is 6.42 Å². The number of phenolic OH excluding ortho intramolecular Hbond substituents is 1. The zero-order valence-electron chi connectivity index (χ0n) is 14.8. The number of aliphatic hydroxyl groups excluding tert-OH is 1. The van der Waals surface area contributed by atoms with Crippen molar-refractivity contribution in [3.05, 3.63) is 29.3 Å². The van der Waals surface area contributed by atoms with Crippen LogP contribution in [0.1, 0.15) is 75.3 Å². The van der Waals surface area contributed by atoms with Gasteiger partial charge in [0.15, 0.2) is 0 Å². The molecule has 1 spiro atoms. The van der Waals surface area contributed by atoms with E-state index in [-0.39, 0.29) is 16.9 Å². The molecule has 0 saturated heterocycles. The molecule has 0 bridgehead atoms. The second-order valence-corrected chi connectivity index (χ2v) is 9.52. The molecule has 4 aliphatic rings. The zero-order valence-corrected chi connectivity index (χ0v) is 14.8. The molecule has 0 aliphatic heterocycles. The Balaban J connectivity index is 1.52. The Bertz CT molecular complexity index is 660. The standard InChI is InChI=1S/C22H30O2/c1-21-11-8-17-16-7-5-15(23)12-14(16)4-6-18(17)19(21)13-22(20(21)24)9-2-3-10-22/h5,7,12,17-20,23-24H,2-4,6,8-11,13H2,1H3/t17-,18-,19+,20-,21+/m1/s1. The van der Waals surface area contributed by atoms with Crippen LogP contribution in [0.5, 0.6) is 5.75 Å². The third-order valence-electron chi connectivity index (χ3n) is 8.58. The van der Waals surface area contributed by atoms with Gasteiger partial charge >= 0.3 is 0 Å². The fourth-order valence-corrected chi connectivity index (χ4v) is 7.45. The van der Waals surface area contributed by atoms with Crippen LogP contribution in [0.15, 0.2) is 18.2 Å². The predicted octanol–water partition coefficient (Wildman–Crippen LogP) is 4.78. The van der Waals surface area contributed by atoms with Gasteiger partial charge in [-0.05, 0) is 96.8 Å². The number of phenols is 1. The Labute approximate surface area is 145 Å². The molecule has 5 atom stereocenters. The van der Waals surface area contributed by atoms with Crippen LogP contribution in [0.2, 0.25) is 0 Å². The second-order valence-electron chi connectivity index (χ2n) is 9.52. The first-order valence-corrected chi connectivity index (χ1v) is 10.0. The highest BCUT2D eigenvalue weighted by atomic mass is 16.3. The van der Waals surface area contributed by atoms with E-state index in [1.807, 2.05) is 12.1 Å². The molecule has 1 aromatic rings. The van der Waals surface area contributed by atoms with E-state index in [2.05, 4.69) is 13.0 Å². The molecule has 4 aliphatic carbocycles. The number of aryl methyl sites for hydroxylation is 1. The van der Waals surface area contributed by atoms with Gasteiger partial charge in [-0.2, -0.15) is 0 Å². The van der Waals surface area contributed by atoms with Crippen LogP contribution >= 0.6 is 0 Å². The Morgan fingerprint density at radius 1 is 1.08 bits per heavy atom. The van der Waals surface area contributed by atoms with Crippen molar-refractivity contribution in [2.45, 2.75) is 76.7 Å². The summed E-state index contributed by atoms with van der Waals surface area (Å²) in [6, 6.07) is 6.04. The lowest BCUT2D eigenvalue weighted by Gasteiger charge is -2.50. The van der Waals surface area contributed by atoms with Gasteiger partial charge in [0, 0.05) is 0 Å². The number of hydrogen-bond acceptors (Lipinski definition) is 2. The van der Waals surface area contributed by atoms with Gasteiger partial charge in [-0.1, -0.05) is 25.8 Å². The number of rotatable bonds is 0. The average Bonchev–Trinajstić information content (AvgIpc) is 3.13. The number of aliphatic hydroxyl groups is 1. The number of fused-ring (bicyclic) bond motifs is 5. The molecule has 5 rings (SSSR count). The molecule has 24 heavy (non-hydrogen) atoms. The maximum Gasteiger partial charge on any atom is 0.115 e. The van der Waals surface area contributed by atoms with Crippen molar-refractivity contribution in [2.75, 3.05) is 0 Å². The van der Waals surface area contributed by atoms with Crippen LogP contribution in [0.3, 0.4) is 0 Å². The maximum atomic E-state index is 11.3. The summed E-state index contributed by atoms with van der Waals surface area (Å²) >= 11 is 0. The van der Waals surface area contributed by atoms with Gasteiger partial charge in [-0.15, -0.1) is 0 Å². The third-order valence-corrected chi connectivity index (χ3v) is 8.58. The van der Waals surface area contributed by atoms with Crippen molar-refractivity contribution in [2.24, 2.45) is 22.7 Å². The summed E-state index contributed by atoms with van der Waals surface area (Å²) in [4.78, 5) is 0. The minimum Gasteiger partial charge on any atom is -0.508 e. The summed E-state index contributed by atoms with van der Waals surface area (Å²) in [5.74, 6) is 2.48. The fourth-order valence-electron chi connectivity index (χ4n) is 7.45. The zero-order chi connectivity index (χ0) is 16.5. The molecule has 0 unspecified atom stereocenters. The first-order chi connectivity index (χ1) is 11.5. The largest absolute Gasteiger partial charge is 0.508 e. The quantitative estimate of drug-likeness (QED) is 0.720. The van der Waals surface area contributed by atoms with Gasteiger partial charge in [0.1, 0.15) is 5.75 Å². The molecular weight excluding hydrogens is 296 g/mol. The molecule has 0 aromatic heterocycles. The van der Waals surface area contributed by atoms with Crippen molar-refractivity contribution < 1.29 is 10.2 Å². The second kappa shape index (κ2) is 5.00. The summed E-state index contributed by atoms with van der Waals surface area (Å²) < 4.78 is 0. The molecule has 0 radical (unpaired) electrons. The summed E-state index contributed by atoms with van der Waals surface area (Å²) in [7, 11) is 0. The van der Waals surface area contributed by atoms with E-state index in [0.717, 1.165) is 12.3 Å². The number of hydrogen-bond donors (Lipinski definition) is 2. The Morgan fingerprint density at radius 3 is 2.67 bits per heavy atom. The maximum absolute atomic E-state index is 11.3. The summed E-state index contributed by atoms with van der Waals surface area (Å²) in [6.07, 6.45) is 11.0. The van der Waals surface area contributed by atoms with Crippen molar-refractivity contribution in [1.29, 1.82) is 0 Å². The molecule has 130 valence electrons. The number of benzene rings is 1. The molecule has 0 heterocycles. The van der Waals surface area contributed by atoms with E-state index in [1.165, 1.54) is 62.5 Å². The van der Waals surface area contributed by atoms with Crippen LogP contribution in [0.4, 0.5) is 0 Å². The predicted molar refractivity (Wildman–Crippen MR) is 95.0 cm³/mol. The minimum atomic E-state index is -0.0836. The first-order valence-electron chi connectivity index (χ1n) is 10.0. The molecule has 2 heteroatoms. The summed E-state index contributed by atoms with van der Waals surface area (Å²) in [5, 5.41) is 21.1. The number of aromatic hydroxyl groups is 1. The van der Waals surface area contributed by atoms with E-state index < -0.39 is 0 Å². The average molecular weight is 326 g/mol. The Kier molecular flexibility index (Phi) is 3.18. The van der Waals surface area contributed by atoms with Crippen LogP contribution < -0.4 is 0 Å². The lowest BCUT2D eigenvalue weighted by atomic mass is 9.55. The van der Waals surface area contributed by atoms with Gasteiger partial charge in [0.25, 0.3) is 0 Å². The topological polar surface area (TPSA) is 40.5 Å². The smallest absolute Gasteiger partial charge is 0.115 e. The van der Waals surface area contributed by atoms with Crippen LogP contribution in [0, 0.1) is 22.7 Å². The highest BCUT2D eigenvalue weighted by molar-refractivity contribution is 5.40. The van der Waals surface area contributed by atoms with Crippen molar-refractivity contribution in [3.8, 4) is 5.75 Å². The molecule has 3 fully saturated rings. The lowest BCUT2D eigenvalue weighted by Crippen LogP contribution is -2.45. The van der Waals surface area contributed by atoms with Crippen LogP contribution in [0.25, 0.3) is 0 Å². The molecule has 3 saturated carbocycles. The van der Waals surface area contributed by atoms with E-state index in [0.29, 0.717) is 17.6 Å². The van der Waals surface area contributed by atoms with E-state index in [1.54, 1.807) is 0 Å². The lowest BCUT2D eigenvalue weighted by molar-refractivity contribution is -0.0530. The fraction of sp³-hybridized carbons (Fsp3) is 0.727. The van der Waals surface area contributed by atoms with Gasteiger partial charge in [-0.3, -0.25) is 0 Å². The Morgan fingerprint density at radius 2 is 1.88 bits per heavy atom. The van der Waals surface area contributed by atoms with E-state index >= 15 is 0 Å². The summed E-state index contributed by atoms with van der Waals surface area (Å²) in [6.45, 7) is 2.40. The van der Waals surface area contributed by atoms with E-state index in [4.69, 9.17) is 0 Å². The van der Waals surface area contributed by atoms with Gasteiger partial charge in [0.05, 0.1) is 6.10 Å². The molecule has 2 N–H and O–H groups in total. The van der Waals surface area contributed by atoms with Gasteiger partial charge in [-0.25, -0.2) is 0 Å². The monoisotopic (exact) mass is 326 g/mol. The molecule has 1 aromatic carbocycles. The van der Waals surface area contributed by atoms with Crippen molar-refractivity contribution >= 4 is 0 Å². The van der Waals surface area contributed by atoms with E-state index in [9.17, 15) is 10.2 Å². The van der Waals surface area contributed by atoms with Crippen molar-refractivity contribution in [1.82, 2.24) is 0 Å². The summed E-state index contributed by atoms with van der Waals surface area (Å²) in [5.41, 5.74) is 3.24. The Hall–Kier alpha value is -1.02. The SMILES string of the molecule is C[C@]12CC[C@@H]3c4ccc(O)cc4CC[C@H]3[C@@H]1CC1(CCCC1)[C@@H]2O. The van der Waals surface area contributed by atoms with Gasteiger partial charge < -0.3 is 10.2 Å². The minimum absolute atomic E-state index is 0.0836. The third kappa shape index (κ3) is 1.87.